The van der Waals surface area contributed by atoms with Gasteiger partial charge in [-0.05, 0) is 31.4 Å². The summed E-state index contributed by atoms with van der Waals surface area (Å²) < 4.78 is 11.1. The van der Waals surface area contributed by atoms with Gasteiger partial charge in [0.25, 0.3) is 0 Å². The van der Waals surface area contributed by atoms with E-state index in [4.69, 9.17) is 9.47 Å². The Morgan fingerprint density at radius 1 is 1.10 bits per heavy atom. The van der Waals surface area contributed by atoms with E-state index in [0.717, 1.165) is 38.6 Å². The average Bonchev–Trinajstić information content (AvgIpc) is 3.16. The predicted octanol–water partition coefficient (Wildman–Crippen LogP) is 3.27. The first-order valence-electron chi connectivity index (χ1n) is 10.7. The van der Waals surface area contributed by atoms with Crippen molar-refractivity contribution in [2.45, 2.75) is 45.2 Å². The number of guanidine groups is 1. The van der Waals surface area contributed by atoms with Crippen LogP contribution in [0.1, 0.15) is 38.2 Å². The summed E-state index contributed by atoms with van der Waals surface area (Å²) >= 11 is 0. The van der Waals surface area contributed by atoms with E-state index in [2.05, 4.69) is 57.8 Å². The number of halogens is 1. The molecule has 0 radical (unpaired) electrons. The molecule has 0 saturated carbocycles. The van der Waals surface area contributed by atoms with E-state index < -0.39 is 0 Å². The topological polar surface area (TPSA) is 58.1 Å². The Morgan fingerprint density at radius 2 is 1.86 bits per heavy atom. The second-order valence-electron chi connectivity index (χ2n) is 7.21. The SMILES string of the molecule is CCCCOCCOCCNC(=NC)NCC1CCCN1Cc1ccccc1.I. The maximum absolute atomic E-state index is 5.59. The zero-order valence-corrected chi connectivity index (χ0v) is 20.4. The molecule has 0 bridgehead atoms. The number of ether oxygens (including phenoxy) is 2. The van der Waals surface area contributed by atoms with Crippen LogP contribution in [0, 0.1) is 0 Å². The molecule has 0 aromatic heterocycles. The average molecular weight is 518 g/mol. The van der Waals surface area contributed by atoms with Crippen LogP contribution >= 0.6 is 24.0 Å². The smallest absolute Gasteiger partial charge is 0.191 e. The summed E-state index contributed by atoms with van der Waals surface area (Å²) in [6.07, 6.45) is 4.78. The van der Waals surface area contributed by atoms with Crippen molar-refractivity contribution >= 4 is 29.9 Å². The molecule has 1 unspecified atom stereocenters. The van der Waals surface area contributed by atoms with Crippen LogP contribution < -0.4 is 10.6 Å². The number of benzene rings is 1. The monoisotopic (exact) mass is 518 g/mol. The van der Waals surface area contributed by atoms with Crippen molar-refractivity contribution in [1.29, 1.82) is 0 Å². The number of hydrogen-bond acceptors (Lipinski definition) is 4. The molecule has 2 N–H and O–H groups in total. The van der Waals surface area contributed by atoms with E-state index >= 15 is 0 Å². The Balaban J connectivity index is 0.00000420. The first-order valence-corrected chi connectivity index (χ1v) is 10.7. The summed E-state index contributed by atoms with van der Waals surface area (Å²) in [6.45, 7) is 8.82. The minimum Gasteiger partial charge on any atom is -0.379 e. The second-order valence-corrected chi connectivity index (χ2v) is 7.21. The van der Waals surface area contributed by atoms with E-state index in [1.165, 1.54) is 31.4 Å². The van der Waals surface area contributed by atoms with E-state index in [1.807, 2.05) is 7.05 Å². The third-order valence-electron chi connectivity index (χ3n) is 5.01. The highest BCUT2D eigenvalue weighted by atomic mass is 127. The van der Waals surface area contributed by atoms with Crippen LogP contribution in [0.5, 0.6) is 0 Å². The van der Waals surface area contributed by atoms with Crippen LogP contribution in [0.25, 0.3) is 0 Å². The Morgan fingerprint density at radius 3 is 2.59 bits per heavy atom. The van der Waals surface area contributed by atoms with E-state index in [9.17, 15) is 0 Å². The van der Waals surface area contributed by atoms with Crippen molar-refractivity contribution in [3.8, 4) is 0 Å². The van der Waals surface area contributed by atoms with E-state index in [0.29, 0.717) is 25.9 Å². The minimum absolute atomic E-state index is 0. The van der Waals surface area contributed by atoms with Crippen LogP contribution in [0.2, 0.25) is 0 Å². The summed E-state index contributed by atoms with van der Waals surface area (Å²) in [4.78, 5) is 6.89. The first-order chi connectivity index (χ1) is 13.8. The minimum atomic E-state index is 0. The van der Waals surface area contributed by atoms with Crippen molar-refractivity contribution < 1.29 is 9.47 Å². The third kappa shape index (κ3) is 11.2. The second kappa shape index (κ2) is 16.8. The fourth-order valence-electron chi connectivity index (χ4n) is 3.40. The maximum atomic E-state index is 5.59. The molecule has 1 heterocycles. The van der Waals surface area contributed by atoms with Gasteiger partial charge in [-0.3, -0.25) is 9.89 Å². The third-order valence-corrected chi connectivity index (χ3v) is 5.01. The van der Waals surface area contributed by atoms with Gasteiger partial charge >= 0.3 is 0 Å². The van der Waals surface area contributed by atoms with Gasteiger partial charge in [-0.1, -0.05) is 43.7 Å². The Labute approximate surface area is 193 Å². The van der Waals surface area contributed by atoms with Gasteiger partial charge in [-0.25, -0.2) is 0 Å². The summed E-state index contributed by atoms with van der Waals surface area (Å²) in [5.74, 6) is 0.842. The van der Waals surface area contributed by atoms with Crippen molar-refractivity contribution in [3.63, 3.8) is 0 Å². The number of nitrogens with one attached hydrogen (secondary N) is 2. The molecule has 1 aromatic carbocycles. The summed E-state index contributed by atoms with van der Waals surface area (Å²) in [5.41, 5.74) is 1.38. The highest BCUT2D eigenvalue weighted by Crippen LogP contribution is 2.19. The molecule has 0 spiro atoms. The Bertz CT molecular complexity index is 545. The standard InChI is InChI=1S/C22H38N4O2.HI/c1-3-4-14-27-16-17-28-15-12-24-22(23-2)25-18-21-11-8-13-26(21)19-20-9-6-5-7-10-20;/h5-7,9-10,21H,3-4,8,11-19H2,1-2H3,(H2,23,24,25);1H. The van der Waals surface area contributed by atoms with Gasteiger partial charge < -0.3 is 20.1 Å². The van der Waals surface area contributed by atoms with E-state index in [1.54, 1.807) is 0 Å². The lowest BCUT2D eigenvalue weighted by molar-refractivity contribution is 0.0487. The number of hydrogen-bond donors (Lipinski definition) is 2. The Hall–Kier alpha value is -0.900. The molecule has 1 fully saturated rings. The maximum Gasteiger partial charge on any atom is 0.191 e. The fourth-order valence-corrected chi connectivity index (χ4v) is 3.40. The van der Waals surface area contributed by atoms with Gasteiger partial charge in [-0.15, -0.1) is 24.0 Å². The number of likely N-dealkylation sites (tertiary alicyclic amines) is 1. The molecule has 0 amide bonds. The van der Waals surface area contributed by atoms with E-state index in [-0.39, 0.29) is 24.0 Å². The largest absolute Gasteiger partial charge is 0.379 e. The normalized spacial score (nSPS) is 17.2. The van der Waals surface area contributed by atoms with Crippen LogP contribution in [0.15, 0.2) is 35.3 Å². The molecule has 1 saturated heterocycles. The van der Waals surface area contributed by atoms with Crippen molar-refractivity contribution in [1.82, 2.24) is 15.5 Å². The molecule has 0 aliphatic carbocycles. The number of aliphatic imine (C=N–C) groups is 1. The highest BCUT2D eigenvalue weighted by molar-refractivity contribution is 14.0. The molecule has 1 aliphatic rings. The van der Waals surface area contributed by atoms with Crippen LogP contribution in [-0.4, -0.2) is 70.0 Å². The van der Waals surface area contributed by atoms with Gasteiger partial charge in [0, 0.05) is 39.3 Å². The lowest BCUT2D eigenvalue weighted by Gasteiger charge is -2.25. The van der Waals surface area contributed by atoms with Crippen LogP contribution in [-0.2, 0) is 16.0 Å². The van der Waals surface area contributed by atoms with Crippen molar-refractivity contribution in [2.75, 3.05) is 53.1 Å². The molecule has 1 aliphatic heterocycles. The van der Waals surface area contributed by atoms with Gasteiger partial charge in [0.1, 0.15) is 0 Å². The fraction of sp³-hybridized carbons (Fsp3) is 0.682. The van der Waals surface area contributed by atoms with Crippen molar-refractivity contribution in [3.05, 3.63) is 35.9 Å². The Kier molecular flexibility index (Phi) is 15.2. The molecule has 1 aromatic rings. The zero-order chi connectivity index (χ0) is 19.9. The molecular formula is C22H39IN4O2. The quantitative estimate of drug-likeness (QED) is 0.182. The predicted molar refractivity (Wildman–Crippen MR) is 131 cm³/mol. The van der Waals surface area contributed by atoms with Gasteiger partial charge in [0.2, 0.25) is 0 Å². The highest BCUT2D eigenvalue weighted by Gasteiger charge is 2.24. The molecule has 1 atom stereocenters. The van der Waals surface area contributed by atoms with Crippen LogP contribution in [0.3, 0.4) is 0 Å². The van der Waals surface area contributed by atoms with Gasteiger partial charge in [-0.2, -0.15) is 0 Å². The first kappa shape index (κ1) is 26.1. The number of unbranched alkanes of at least 4 members (excludes halogenated alkanes) is 1. The number of rotatable bonds is 13. The van der Waals surface area contributed by atoms with Crippen LogP contribution in [0.4, 0.5) is 0 Å². The summed E-state index contributed by atoms with van der Waals surface area (Å²) in [6, 6.07) is 11.3. The van der Waals surface area contributed by atoms with Gasteiger partial charge in [0.05, 0.1) is 19.8 Å². The summed E-state index contributed by atoms with van der Waals surface area (Å²) in [7, 11) is 1.81. The molecule has 6 nitrogen and oxygen atoms in total. The molecule has 166 valence electrons. The lowest BCUT2D eigenvalue weighted by Crippen LogP contribution is -2.45. The molecular weight excluding hydrogens is 479 g/mol. The van der Waals surface area contributed by atoms with Gasteiger partial charge in [0.15, 0.2) is 5.96 Å². The van der Waals surface area contributed by atoms with Crippen molar-refractivity contribution in [2.24, 2.45) is 4.99 Å². The molecule has 29 heavy (non-hydrogen) atoms. The molecule has 2 rings (SSSR count). The number of nitrogens with zero attached hydrogens (tertiary/aromatic N) is 2. The summed E-state index contributed by atoms with van der Waals surface area (Å²) in [5, 5.41) is 6.79. The zero-order valence-electron chi connectivity index (χ0n) is 18.1. The lowest BCUT2D eigenvalue weighted by atomic mass is 10.2. The molecule has 7 heteroatoms.